The fourth-order valence-electron chi connectivity index (χ4n) is 2.74. The number of carbonyl (C=O) groups is 2. The van der Waals surface area contributed by atoms with Crippen molar-refractivity contribution < 1.29 is 19.1 Å². The average molecular weight is 336 g/mol. The number of aromatic nitrogens is 2. The highest BCUT2D eigenvalue weighted by atomic mass is 16.5. The van der Waals surface area contributed by atoms with Crippen LogP contribution in [0.5, 0.6) is 0 Å². The molecular formula is C14H20N6O4. The molecule has 0 aliphatic carbocycles. The number of hydrogen-bond acceptors (Lipinski definition) is 8. The van der Waals surface area contributed by atoms with Crippen LogP contribution in [0.4, 0.5) is 11.6 Å². The molecule has 1 aromatic heterocycles. The first-order valence-corrected chi connectivity index (χ1v) is 7.75. The summed E-state index contributed by atoms with van der Waals surface area (Å²) in [6, 6.07) is 0. The summed E-state index contributed by atoms with van der Waals surface area (Å²) in [5, 5.41) is 0. The average Bonchev–Trinajstić information content (AvgIpc) is 2.62. The normalized spacial score (nSPS) is 18.5. The van der Waals surface area contributed by atoms with Gasteiger partial charge in [0.05, 0.1) is 26.4 Å². The smallest absolute Gasteiger partial charge is 0.271 e. The third-order valence-corrected chi connectivity index (χ3v) is 3.95. The summed E-state index contributed by atoms with van der Waals surface area (Å²) in [5.74, 6) is -0.850. The van der Waals surface area contributed by atoms with E-state index >= 15 is 0 Å². The third kappa shape index (κ3) is 3.24. The van der Waals surface area contributed by atoms with Crippen LogP contribution in [0.25, 0.3) is 0 Å². The highest BCUT2D eigenvalue weighted by molar-refractivity contribution is 6.00. The lowest BCUT2D eigenvalue weighted by molar-refractivity contribution is 0.0977. The molecule has 2 fully saturated rings. The molecule has 130 valence electrons. The van der Waals surface area contributed by atoms with Gasteiger partial charge in [0, 0.05) is 26.2 Å². The van der Waals surface area contributed by atoms with Gasteiger partial charge in [-0.05, 0) is 0 Å². The van der Waals surface area contributed by atoms with Gasteiger partial charge in [-0.2, -0.15) is 0 Å². The summed E-state index contributed by atoms with van der Waals surface area (Å²) < 4.78 is 10.6. The molecule has 0 bridgehead atoms. The number of nitrogens with zero attached hydrogens (tertiary/aromatic N) is 4. The molecule has 10 heteroatoms. The Bertz CT molecular complexity index is 585. The van der Waals surface area contributed by atoms with Gasteiger partial charge in [0.2, 0.25) is 0 Å². The van der Waals surface area contributed by atoms with Crippen molar-refractivity contribution in [1.29, 1.82) is 0 Å². The second kappa shape index (κ2) is 6.97. The van der Waals surface area contributed by atoms with Crippen LogP contribution in [0, 0.1) is 0 Å². The molecule has 4 N–H and O–H groups in total. The zero-order chi connectivity index (χ0) is 17.1. The Labute approximate surface area is 138 Å². The number of hydrogen-bond donors (Lipinski definition) is 2. The molecule has 24 heavy (non-hydrogen) atoms. The molecular weight excluding hydrogens is 316 g/mol. The van der Waals surface area contributed by atoms with Crippen molar-refractivity contribution in [3.8, 4) is 0 Å². The summed E-state index contributed by atoms with van der Waals surface area (Å²) in [6.45, 7) is 4.12. The summed E-state index contributed by atoms with van der Waals surface area (Å²) in [5.41, 5.74) is 11.0. The minimum absolute atomic E-state index is 0.0309. The van der Waals surface area contributed by atoms with E-state index in [9.17, 15) is 9.59 Å². The first-order valence-electron chi connectivity index (χ1n) is 7.75. The molecule has 3 heterocycles. The molecule has 3 rings (SSSR count). The van der Waals surface area contributed by atoms with Crippen molar-refractivity contribution in [2.45, 2.75) is 0 Å². The summed E-state index contributed by atoms with van der Waals surface area (Å²) in [7, 11) is 0. The van der Waals surface area contributed by atoms with Crippen molar-refractivity contribution in [2.24, 2.45) is 11.5 Å². The predicted molar refractivity (Wildman–Crippen MR) is 85.1 cm³/mol. The van der Waals surface area contributed by atoms with Crippen molar-refractivity contribution in [2.75, 3.05) is 62.4 Å². The van der Waals surface area contributed by atoms with Crippen molar-refractivity contribution >= 4 is 23.5 Å². The van der Waals surface area contributed by atoms with E-state index in [0.29, 0.717) is 52.6 Å². The molecule has 2 aliphatic rings. The minimum atomic E-state index is -0.700. The van der Waals surface area contributed by atoms with Gasteiger partial charge in [-0.25, -0.2) is 9.97 Å². The lowest BCUT2D eigenvalue weighted by Crippen LogP contribution is -2.41. The van der Waals surface area contributed by atoms with Gasteiger partial charge in [0.1, 0.15) is 0 Å². The summed E-state index contributed by atoms with van der Waals surface area (Å²) in [4.78, 5) is 36.1. The molecule has 0 atom stereocenters. The molecule has 0 spiro atoms. The zero-order valence-corrected chi connectivity index (χ0v) is 13.2. The maximum atomic E-state index is 11.9. The fraction of sp³-hybridized carbons (Fsp3) is 0.571. The Kier molecular flexibility index (Phi) is 4.76. The van der Waals surface area contributed by atoms with Crippen LogP contribution in [0.2, 0.25) is 0 Å². The number of morpholine rings is 2. The van der Waals surface area contributed by atoms with E-state index < -0.39 is 11.8 Å². The Morgan fingerprint density at radius 2 is 1.08 bits per heavy atom. The minimum Gasteiger partial charge on any atom is -0.378 e. The van der Waals surface area contributed by atoms with E-state index in [-0.39, 0.29) is 23.0 Å². The first-order chi connectivity index (χ1) is 11.6. The van der Waals surface area contributed by atoms with Crippen LogP contribution in [0.15, 0.2) is 0 Å². The second-order valence-corrected chi connectivity index (χ2v) is 5.50. The highest BCUT2D eigenvalue weighted by Gasteiger charge is 2.28. The van der Waals surface area contributed by atoms with Gasteiger partial charge < -0.3 is 30.7 Å². The Hall–Kier alpha value is -2.46. The van der Waals surface area contributed by atoms with Gasteiger partial charge in [0.15, 0.2) is 23.0 Å². The fourth-order valence-corrected chi connectivity index (χ4v) is 2.74. The Morgan fingerprint density at radius 1 is 0.750 bits per heavy atom. The largest absolute Gasteiger partial charge is 0.378 e. The topological polar surface area (TPSA) is 137 Å². The lowest BCUT2D eigenvalue weighted by atomic mass is 10.2. The molecule has 2 saturated heterocycles. The standard InChI is InChI=1S/C14H20N6O4/c15-11(21)9-13(19-1-5-23-6-2-19)17-10(12(16)22)14(18-9)20-3-7-24-8-4-20/h1-8H2,(H2,15,21)(H2,16,22). The van der Waals surface area contributed by atoms with Crippen LogP contribution in [0.1, 0.15) is 21.0 Å². The quantitative estimate of drug-likeness (QED) is 0.667. The van der Waals surface area contributed by atoms with Crippen molar-refractivity contribution in [1.82, 2.24) is 9.97 Å². The Morgan fingerprint density at radius 3 is 1.38 bits per heavy atom. The molecule has 0 aromatic carbocycles. The third-order valence-electron chi connectivity index (χ3n) is 3.95. The highest BCUT2D eigenvalue weighted by Crippen LogP contribution is 2.25. The number of ether oxygens (including phenoxy) is 2. The van der Waals surface area contributed by atoms with E-state index in [4.69, 9.17) is 20.9 Å². The maximum Gasteiger partial charge on any atom is 0.271 e. The molecule has 0 unspecified atom stereocenters. The van der Waals surface area contributed by atoms with E-state index in [1.54, 1.807) is 0 Å². The van der Waals surface area contributed by atoms with Gasteiger partial charge in [-0.3, -0.25) is 9.59 Å². The first kappa shape index (κ1) is 16.4. The van der Waals surface area contributed by atoms with Crippen molar-refractivity contribution in [3.63, 3.8) is 0 Å². The molecule has 0 saturated carbocycles. The van der Waals surface area contributed by atoms with Crippen LogP contribution < -0.4 is 21.3 Å². The van der Waals surface area contributed by atoms with E-state index in [1.807, 2.05) is 9.80 Å². The number of rotatable bonds is 4. The summed E-state index contributed by atoms with van der Waals surface area (Å²) in [6.07, 6.45) is 0. The van der Waals surface area contributed by atoms with Crippen molar-refractivity contribution in [3.05, 3.63) is 11.4 Å². The summed E-state index contributed by atoms with van der Waals surface area (Å²) >= 11 is 0. The predicted octanol–water partition coefficient (Wildman–Crippen LogP) is -1.65. The number of carbonyl (C=O) groups excluding carboxylic acids is 2. The van der Waals surface area contributed by atoms with E-state index in [1.165, 1.54) is 0 Å². The lowest BCUT2D eigenvalue weighted by Gasteiger charge is -2.32. The van der Waals surface area contributed by atoms with Crippen LogP contribution in [0.3, 0.4) is 0 Å². The van der Waals surface area contributed by atoms with E-state index in [2.05, 4.69) is 9.97 Å². The van der Waals surface area contributed by atoms with Gasteiger partial charge in [-0.15, -0.1) is 0 Å². The number of amides is 2. The molecule has 1 aromatic rings. The van der Waals surface area contributed by atoms with Crippen LogP contribution in [-0.2, 0) is 9.47 Å². The number of anilines is 2. The second-order valence-electron chi connectivity index (χ2n) is 5.50. The Balaban J connectivity index is 2.07. The van der Waals surface area contributed by atoms with E-state index in [0.717, 1.165) is 0 Å². The zero-order valence-electron chi connectivity index (χ0n) is 13.2. The monoisotopic (exact) mass is 336 g/mol. The SMILES string of the molecule is NC(=O)c1nc(N2CCOCC2)c(C(N)=O)nc1N1CCOCC1. The van der Waals surface area contributed by atoms with Gasteiger partial charge in [0.25, 0.3) is 11.8 Å². The molecule has 2 amide bonds. The van der Waals surface area contributed by atoms with Gasteiger partial charge in [-0.1, -0.05) is 0 Å². The molecule has 0 radical (unpaired) electrons. The van der Waals surface area contributed by atoms with Crippen LogP contribution >= 0.6 is 0 Å². The van der Waals surface area contributed by atoms with Gasteiger partial charge >= 0.3 is 0 Å². The molecule has 10 nitrogen and oxygen atoms in total. The molecule has 2 aliphatic heterocycles. The number of primary amides is 2. The maximum absolute atomic E-state index is 11.9. The number of nitrogens with two attached hydrogens (primary N) is 2. The van der Waals surface area contributed by atoms with Crippen LogP contribution in [-0.4, -0.2) is 74.4 Å².